The summed E-state index contributed by atoms with van der Waals surface area (Å²) < 4.78 is 45.6. The van der Waals surface area contributed by atoms with Crippen LogP contribution in [0.25, 0.3) is 0 Å². The molecule has 2 aromatic heterocycles. The minimum Gasteiger partial charge on any atom is -0.355 e. The lowest BCUT2D eigenvalue weighted by molar-refractivity contribution is -0.137. The number of likely N-dealkylation sites (N-methyl/N-ethyl adjacent to an activating group) is 1. The van der Waals surface area contributed by atoms with Gasteiger partial charge in [-0.15, -0.1) is 0 Å². The molecule has 0 aliphatic carbocycles. The van der Waals surface area contributed by atoms with E-state index in [-0.39, 0.29) is 17.8 Å². The zero-order chi connectivity index (χ0) is 19.7. The molecule has 0 aromatic carbocycles. The van der Waals surface area contributed by atoms with Crippen LogP contribution in [-0.2, 0) is 6.18 Å². The Hall–Kier alpha value is -2.20. The van der Waals surface area contributed by atoms with Crippen LogP contribution in [-0.4, -0.2) is 59.8 Å². The maximum absolute atomic E-state index is 13.4. The molecule has 0 amide bonds. The predicted molar refractivity (Wildman–Crippen MR) is 96.0 cm³/mol. The van der Waals surface area contributed by atoms with Crippen molar-refractivity contribution in [1.82, 2.24) is 25.3 Å². The lowest BCUT2D eigenvalue weighted by Gasteiger charge is -2.33. The molecule has 1 N–H and O–H groups in total. The van der Waals surface area contributed by atoms with E-state index in [0.717, 1.165) is 38.5 Å². The number of alkyl halides is 3. The smallest absolute Gasteiger partial charge is 0.355 e. The van der Waals surface area contributed by atoms with Crippen LogP contribution in [0.2, 0.25) is 0 Å². The highest BCUT2D eigenvalue weighted by Gasteiger charge is 2.37. The Bertz CT molecular complexity index is 811. The van der Waals surface area contributed by atoms with E-state index in [1.165, 1.54) is 12.3 Å². The van der Waals surface area contributed by atoms with E-state index in [1.807, 2.05) is 7.05 Å². The van der Waals surface area contributed by atoms with Crippen molar-refractivity contribution >= 4 is 5.82 Å². The van der Waals surface area contributed by atoms with Crippen LogP contribution >= 0.6 is 0 Å². The fourth-order valence-electron chi connectivity index (χ4n) is 3.88. The van der Waals surface area contributed by atoms with Crippen molar-refractivity contribution < 1.29 is 17.7 Å². The highest BCUT2D eigenvalue weighted by molar-refractivity contribution is 5.49. The van der Waals surface area contributed by atoms with Gasteiger partial charge in [0, 0.05) is 38.9 Å². The number of piperidine rings is 1. The monoisotopic (exact) mass is 396 g/mol. The molecule has 4 rings (SSSR count). The third kappa shape index (κ3) is 3.83. The van der Waals surface area contributed by atoms with Crippen molar-refractivity contribution in [3.05, 3.63) is 35.6 Å². The summed E-state index contributed by atoms with van der Waals surface area (Å²) in [5.74, 6) is 0.967. The Morgan fingerprint density at radius 3 is 2.93 bits per heavy atom. The highest BCUT2D eigenvalue weighted by Crippen LogP contribution is 2.37. The summed E-state index contributed by atoms with van der Waals surface area (Å²) in [5, 5.41) is 7.45. The number of piperazine rings is 1. The SMILES string of the molecule is CN1CCNCC1c1noc(C2CCCN(c3ncccc3C(F)(F)F)C2)n1. The van der Waals surface area contributed by atoms with Gasteiger partial charge in [-0.3, -0.25) is 4.90 Å². The van der Waals surface area contributed by atoms with Crippen molar-refractivity contribution in [1.29, 1.82) is 0 Å². The number of halogens is 3. The largest absolute Gasteiger partial charge is 0.419 e. The molecule has 2 unspecified atom stereocenters. The lowest BCUT2D eigenvalue weighted by atomic mass is 9.97. The summed E-state index contributed by atoms with van der Waals surface area (Å²) in [5.41, 5.74) is -0.711. The Kier molecular flexibility index (Phi) is 5.24. The fourth-order valence-corrected chi connectivity index (χ4v) is 3.88. The zero-order valence-electron chi connectivity index (χ0n) is 15.6. The molecule has 152 valence electrons. The molecule has 0 bridgehead atoms. The number of rotatable bonds is 3. The van der Waals surface area contributed by atoms with Crippen LogP contribution in [0.1, 0.15) is 42.1 Å². The topological polar surface area (TPSA) is 70.3 Å². The second-order valence-electron chi connectivity index (χ2n) is 7.35. The number of anilines is 1. The van der Waals surface area contributed by atoms with E-state index in [9.17, 15) is 13.2 Å². The molecule has 2 atom stereocenters. The van der Waals surface area contributed by atoms with E-state index >= 15 is 0 Å². The van der Waals surface area contributed by atoms with Gasteiger partial charge in [0.15, 0.2) is 5.82 Å². The van der Waals surface area contributed by atoms with Crippen LogP contribution < -0.4 is 10.2 Å². The summed E-state index contributed by atoms with van der Waals surface area (Å²) in [6.07, 6.45) is -1.51. The van der Waals surface area contributed by atoms with Crippen molar-refractivity contribution in [2.75, 3.05) is 44.7 Å². The van der Waals surface area contributed by atoms with Crippen molar-refractivity contribution in [2.24, 2.45) is 0 Å². The van der Waals surface area contributed by atoms with Crippen LogP contribution in [0.3, 0.4) is 0 Å². The molecule has 28 heavy (non-hydrogen) atoms. The summed E-state index contributed by atoms with van der Waals surface area (Å²) in [6, 6.07) is 2.42. The molecule has 2 aliphatic heterocycles. The number of hydrogen-bond acceptors (Lipinski definition) is 7. The van der Waals surface area contributed by atoms with E-state index in [0.29, 0.717) is 24.8 Å². The molecule has 4 heterocycles. The predicted octanol–water partition coefficient (Wildman–Crippen LogP) is 2.44. The van der Waals surface area contributed by atoms with Gasteiger partial charge >= 0.3 is 6.18 Å². The summed E-state index contributed by atoms with van der Waals surface area (Å²) >= 11 is 0. The standard InChI is InChI=1S/C18H23F3N6O/c1-26-9-7-22-10-14(26)15-24-17(28-25-15)12-4-3-8-27(11-12)16-13(18(19,20)21)5-2-6-23-16/h2,5-6,12,14,22H,3-4,7-11H2,1H3. The second-order valence-corrected chi connectivity index (χ2v) is 7.35. The average Bonchev–Trinajstić information content (AvgIpc) is 3.18. The molecular weight excluding hydrogens is 373 g/mol. The zero-order valence-corrected chi connectivity index (χ0v) is 15.6. The van der Waals surface area contributed by atoms with E-state index in [1.54, 1.807) is 4.90 Å². The minimum atomic E-state index is -4.44. The molecular formula is C18H23F3N6O. The molecule has 0 saturated carbocycles. The van der Waals surface area contributed by atoms with Crippen LogP contribution in [0.4, 0.5) is 19.0 Å². The Morgan fingerprint density at radius 1 is 1.29 bits per heavy atom. The van der Waals surface area contributed by atoms with E-state index in [4.69, 9.17) is 4.52 Å². The number of aromatic nitrogens is 3. The Balaban J connectivity index is 1.52. The molecule has 2 saturated heterocycles. The van der Waals surface area contributed by atoms with Gasteiger partial charge in [0.05, 0.1) is 17.5 Å². The number of hydrogen-bond donors (Lipinski definition) is 1. The van der Waals surface area contributed by atoms with Gasteiger partial charge in [0.1, 0.15) is 5.82 Å². The number of nitrogens with one attached hydrogen (secondary N) is 1. The fraction of sp³-hybridized carbons (Fsp3) is 0.611. The second kappa shape index (κ2) is 7.67. The van der Waals surface area contributed by atoms with E-state index in [2.05, 4.69) is 25.3 Å². The number of nitrogens with zero attached hydrogens (tertiary/aromatic N) is 5. The first-order valence-corrected chi connectivity index (χ1v) is 9.45. The first-order chi connectivity index (χ1) is 13.4. The van der Waals surface area contributed by atoms with Gasteiger partial charge in [-0.25, -0.2) is 4.98 Å². The quantitative estimate of drug-likeness (QED) is 0.855. The summed E-state index contributed by atoms with van der Waals surface area (Å²) in [6.45, 7) is 3.45. The van der Waals surface area contributed by atoms with Gasteiger partial charge in [-0.1, -0.05) is 5.16 Å². The molecule has 0 spiro atoms. The lowest BCUT2D eigenvalue weighted by Crippen LogP contribution is -2.44. The van der Waals surface area contributed by atoms with E-state index < -0.39 is 11.7 Å². The van der Waals surface area contributed by atoms with Crippen molar-refractivity contribution in [3.8, 4) is 0 Å². The van der Waals surface area contributed by atoms with Gasteiger partial charge in [0.25, 0.3) is 0 Å². The van der Waals surface area contributed by atoms with Crippen LogP contribution in [0, 0.1) is 0 Å². The summed E-state index contributed by atoms with van der Waals surface area (Å²) in [4.78, 5) is 12.4. The Labute approximate surface area is 160 Å². The highest BCUT2D eigenvalue weighted by atomic mass is 19.4. The third-order valence-electron chi connectivity index (χ3n) is 5.43. The van der Waals surface area contributed by atoms with Crippen molar-refractivity contribution in [3.63, 3.8) is 0 Å². The minimum absolute atomic E-state index is 0.0318. The average molecular weight is 396 g/mol. The molecule has 0 radical (unpaired) electrons. The van der Waals surface area contributed by atoms with Crippen LogP contribution in [0.5, 0.6) is 0 Å². The maximum atomic E-state index is 13.4. The van der Waals surface area contributed by atoms with Gasteiger partial charge in [0.2, 0.25) is 5.89 Å². The van der Waals surface area contributed by atoms with Gasteiger partial charge < -0.3 is 14.7 Å². The Morgan fingerprint density at radius 2 is 2.14 bits per heavy atom. The molecule has 2 aliphatic rings. The van der Waals surface area contributed by atoms with Gasteiger partial charge in [-0.2, -0.15) is 18.2 Å². The molecule has 7 nitrogen and oxygen atoms in total. The molecule has 2 fully saturated rings. The van der Waals surface area contributed by atoms with Crippen LogP contribution in [0.15, 0.2) is 22.9 Å². The molecule has 2 aromatic rings. The third-order valence-corrected chi connectivity index (χ3v) is 5.43. The molecule has 10 heteroatoms. The normalized spacial score (nSPS) is 24.5. The maximum Gasteiger partial charge on any atom is 0.419 e. The first kappa shape index (κ1) is 19.1. The van der Waals surface area contributed by atoms with Crippen molar-refractivity contribution in [2.45, 2.75) is 31.0 Å². The van der Waals surface area contributed by atoms with Gasteiger partial charge in [-0.05, 0) is 32.0 Å². The first-order valence-electron chi connectivity index (χ1n) is 9.45. The summed E-state index contributed by atoms with van der Waals surface area (Å²) in [7, 11) is 2.02. The number of pyridine rings is 1.